The van der Waals surface area contributed by atoms with E-state index >= 15 is 0 Å². The monoisotopic (exact) mass is 348 g/mol. The summed E-state index contributed by atoms with van der Waals surface area (Å²) in [6, 6.07) is 8.02. The molecule has 2 heterocycles. The van der Waals surface area contributed by atoms with Gasteiger partial charge in [0.1, 0.15) is 18.1 Å². The second kappa shape index (κ2) is 7.59. The number of aromatic nitrogens is 1. The number of ether oxygens (including phenoxy) is 1. The zero-order chi connectivity index (χ0) is 17.0. The molecule has 0 spiro atoms. The maximum atomic E-state index is 10.3. The zero-order valence-corrected chi connectivity index (χ0v) is 15.0. The summed E-state index contributed by atoms with van der Waals surface area (Å²) in [5.74, 6) is 3.50. The average Bonchev–Trinajstić information content (AvgIpc) is 3.14. The van der Waals surface area contributed by atoms with E-state index in [0.29, 0.717) is 13.2 Å². The number of aryl methyl sites for hydroxylation is 2. The Labute approximate surface area is 146 Å². The Balaban J connectivity index is 1.46. The van der Waals surface area contributed by atoms with E-state index in [2.05, 4.69) is 10.5 Å². The number of aliphatic hydroxyl groups is 1. The summed E-state index contributed by atoms with van der Waals surface area (Å²) in [6.45, 7) is 5.66. The maximum absolute atomic E-state index is 10.3. The van der Waals surface area contributed by atoms with Gasteiger partial charge in [0.25, 0.3) is 0 Å². The van der Waals surface area contributed by atoms with E-state index in [1.165, 1.54) is 5.56 Å². The van der Waals surface area contributed by atoms with Crippen molar-refractivity contribution < 1.29 is 14.4 Å². The van der Waals surface area contributed by atoms with Gasteiger partial charge < -0.3 is 19.7 Å². The van der Waals surface area contributed by atoms with Crippen molar-refractivity contribution in [1.82, 2.24) is 10.5 Å². The van der Waals surface area contributed by atoms with Crippen LogP contribution in [0, 0.1) is 13.8 Å². The Morgan fingerprint density at radius 3 is 2.75 bits per heavy atom. The third-order valence-electron chi connectivity index (χ3n) is 4.35. The van der Waals surface area contributed by atoms with Gasteiger partial charge in [-0.3, -0.25) is 0 Å². The predicted octanol–water partition coefficient (Wildman–Crippen LogP) is 2.83. The van der Waals surface area contributed by atoms with Gasteiger partial charge in [0, 0.05) is 18.8 Å². The minimum atomic E-state index is -0.540. The van der Waals surface area contributed by atoms with Gasteiger partial charge in [-0.2, -0.15) is 11.8 Å². The number of hydrogen-bond donors (Lipinski definition) is 2. The normalized spacial score (nSPS) is 20.5. The molecule has 5 nitrogen and oxygen atoms in total. The van der Waals surface area contributed by atoms with Gasteiger partial charge in [-0.1, -0.05) is 17.3 Å². The smallest absolute Gasteiger partial charge is 0.140 e. The number of rotatable bonds is 7. The highest BCUT2D eigenvalue weighted by Crippen LogP contribution is 2.27. The van der Waals surface area contributed by atoms with E-state index < -0.39 is 5.60 Å². The molecule has 1 saturated heterocycles. The molecule has 6 heteroatoms. The van der Waals surface area contributed by atoms with Gasteiger partial charge in [-0.15, -0.1) is 0 Å². The molecule has 0 aliphatic carbocycles. The number of hydrogen-bond acceptors (Lipinski definition) is 6. The van der Waals surface area contributed by atoms with Crippen LogP contribution in [0.2, 0.25) is 0 Å². The standard InChI is InChI=1S/C18H24N2O3S/c1-13-17(14(2)23-20-13)10-22-16-5-3-15(4-6-16)9-19-11-18(21)7-8-24-12-18/h3-6,19,21H,7-12H2,1-2H3. The summed E-state index contributed by atoms with van der Waals surface area (Å²) < 4.78 is 10.9. The Morgan fingerprint density at radius 2 is 2.12 bits per heavy atom. The summed E-state index contributed by atoms with van der Waals surface area (Å²) in [6.07, 6.45) is 0.874. The van der Waals surface area contributed by atoms with E-state index in [0.717, 1.165) is 47.2 Å². The molecule has 2 N–H and O–H groups in total. The molecule has 1 unspecified atom stereocenters. The van der Waals surface area contributed by atoms with Crippen molar-refractivity contribution in [2.24, 2.45) is 0 Å². The first-order chi connectivity index (χ1) is 11.6. The van der Waals surface area contributed by atoms with Crippen molar-refractivity contribution in [3.05, 3.63) is 46.8 Å². The Kier molecular flexibility index (Phi) is 5.48. The van der Waals surface area contributed by atoms with Crippen LogP contribution in [0.5, 0.6) is 5.75 Å². The lowest BCUT2D eigenvalue weighted by Crippen LogP contribution is -2.40. The molecule has 0 saturated carbocycles. The van der Waals surface area contributed by atoms with Crippen molar-refractivity contribution in [1.29, 1.82) is 0 Å². The van der Waals surface area contributed by atoms with Gasteiger partial charge in [0.05, 0.1) is 16.9 Å². The fraction of sp³-hybridized carbons (Fsp3) is 0.500. The minimum absolute atomic E-state index is 0.462. The van der Waals surface area contributed by atoms with E-state index in [4.69, 9.17) is 9.26 Å². The average molecular weight is 348 g/mol. The van der Waals surface area contributed by atoms with Crippen LogP contribution >= 0.6 is 11.8 Å². The Bertz CT molecular complexity index is 644. The summed E-state index contributed by atoms with van der Waals surface area (Å²) in [7, 11) is 0. The van der Waals surface area contributed by atoms with Crippen molar-refractivity contribution in [2.45, 2.75) is 39.0 Å². The first-order valence-electron chi connectivity index (χ1n) is 8.20. The van der Waals surface area contributed by atoms with Gasteiger partial charge in [0.2, 0.25) is 0 Å². The summed E-state index contributed by atoms with van der Waals surface area (Å²) in [5, 5.41) is 17.6. The summed E-state index contributed by atoms with van der Waals surface area (Å²) in [4.78, 5) is 0. The third kappa shape index (κ3) is 4.32. The topological polar surface area (TPSA) is 67.5 Å². The van der Waals surface area contributed by atoms with Crippen LogP contribution in [0.3, 0.4) is 0 Å². The first-order valence-corrected chi connectivity index (χ1v) is 9.36. The molecule has 130 valence electrons. The lowest BCUT2D eigenvalue weighted by molar-refractivity contribution is 0.0674. The van der Waals surface area contributed by atoms with E-state index in [-0.39, 0.29) is 0 Å². The summed E-state index contributed by atoms with van der Waals surface area (Å²) in [5.41, 5.74) is 2.51. The molecule has 24 heavy (non-hydrogen) atoms. The highest BCUT2D eigenvalue weighted by Gasteiger charge is 2.30. The number of nitrogens with zero attached hydrogens (tertiary/aromatic N) is 1. The van der Waals surface area contributed by atoms with Crippen LogP contribution in [-0.4, -0.2) is 33.9 Å². The maximum Gasteiger partial charge on any atom is 0.140 e. The molecule has 3 rings (SSSR count). The molecule has 1 atom stereocenters. The molecule has 1 aromatic heterocycles. The van der Waals surface area contributed by atoms with Crippen molar-refractivity contribution in [3.8, 4) is 5.75 Å². The molecule has 0 radical (unpaired) electrons. The number of thioether (sulfide) groups is 1. The van der Waals surface area contributed by atoms with Crippen molar-refractivity contribution in [2.75, 3.05) is 18.1 Å². The first kappa shape index (κ1) is 17.3. The fourth-order valence-electron chi connectivity index (χ4n) is 2.74. The van der Waals surface area contributed by atoms with Crippen LogP contribution in [0.4, 0.5) is 0 Å². The molecule has 1 aliphatic heterocycles. The summed E-state index contributed by atoms with van der Waals surface area (Å²) >= 11 is 1.82. The minimum Gasteiger partial charge on any atom is -0.489 e. The zero-order valence-electron chi connectivity index (χ0n) is 14.2. The predicted molar refractivity (Wildman–Crippen MR) is 95.3 cm³/mol. The van der Waals surface area contributed by atoms with Crippen molar-refractivity contribution in [3.63, 3.8) is 0 Å². The third-order valence-corrected chi connectivity index (χ3v) is 5.59. The highest BCUT2D eigenvalue weighted by atomic mass is 32.2. The van der Waals surface area contributed by atoms with Gasteiger partial charge in [0.15, 0.2) is 0 Å². The second-order valence-electron chi connectivity index (χ2n) is 6.37. The van der Waals surface area contributed by atoms with E-state index in [1.807, 2.05) is 49.9 Å². The second-order valence-corrected chi connectivity index (χ2v) is 7.47. The van der Waals surface area contributed by atoms with Gasteiger partial charge >= 0.3 is 0 Å². The van der Waals surface area contributed by atoms with Crippen LogP contribution in [0.25, 0.3) is 0 Å². The highest BCUT2D eigenvalue weighted by molar-refractivity contribution is 7.99. The molecule has 2 aromatic rings. The SMILES string of the molecule is Cc1noc(C)c1COc1ccc(CNCC2(O)CCSC2)cc1. The molecular formula is C18H24N2O3S. The van der Waals surface area contributed by atoms with Gasteiger partial charge in [-0.05, 0) is 43.7 Å². The molecule has 0 amide bonds. The molecule has 1 aromatic carbocycles. The van der Waals surface area contributed by atoms with Gasteiger partial charge in [-0.25, -0.2) is 0 Å². The van der Waals surface area contributed by atoms with Crippen molar-refractivity contribution >= 4 is 11.8 Å². The molecule has 1 aliphatic rings. The van der Waals surface area contributed by atoms with E-state index in [1.54, 1.807) is 0 Å². The molecular weight excluding hydrogens is 324 g/mol. The van der Waals surface area contributed by atoms with Crippen LogP contribution in [0.1, 0.15) is 29.0 Å². The van der Waals surface area contributed by atoms with E-state index in [9.17, 15) is 5.11 Å². The molecule has 0 bridgehead atoms. The lowest BCUT2D eigenvalue weighted by Gasteiger charge is -2.21. The quantitative estimate of drug-likeness (QED) is 0.802. The Morgan fingerprint density at radius 1 is 1.33 bits per heavy atom. The fourth-order valence-corrected chi connectivity index (χ4v) is 4.04. The number of nitrogens with one attached hydrogen (secondary N) is 1. The van der Waals surface area contributed by atoms with Crippen LogP contribution < -0.4 is 10.1 Å². The Hall–Kier alpha value is -1.50. The largest absolute Gasteiger partial charge is 0.489 e. The van der Waals surface area contributed by atoms with Crippen LogP contribution in [0.15, 0.2) is 28.8 Å². The van der Waals surface area contributed by atoms with Crippen LogP contribution in [-0.2, 0) is 13.2 Å². The molecule has 1 fully saturated rings. The number of benzene rings is 1. The lowest BCUT2D eigenvalue weighted by atomic mass is 10.0.